The lowest BCUT2D eigenvalue weighted by Gasteiger charge is -2.04. The molecule has 1 atom stereocenters. The van der Waals surface area contributed by atoms with Gasteiger partial charge in [-0.1, -0.05) is 35.9 Å². The van der Waals surface area contributed by atoms with Gasteiger partial charge in [0, 0.05) is 6.54 Å². The van der Waals surface area contributed by atoms with E-state index in [1.54, 1.807) is 42.5 Å². The molecule has 7 heteroatoms. The zero-order chi connectivity index (χ0) is 18.5. The van der Waals surface area contributed by atoms with Crippen LogP contribution in [0.4, 0.5) is 4.39 Å². The monoisotopic (exact) mass is 391 g/mol. The van der Waals surface area contributed by atoms with Gasteiger partial charge in [0.25, 0.3) is 5.91 Å². The molecule has 4 nitrogen and oxygen atoms in total. The number of nitrogens with one attached hydrogen (secondary N) is 1. The van der Waals surface area contributed by atoms with Crippen LogP contribution < -0.4 is 5.32 Å². The molecule has 1 amide bonds. The zero-order valence-corrected chi connectivity index (χ0v) is 15.1. The number of furan rings is 1. The first-order chi connectivity index (χ1) is 12.5. The van der Waals surface area contributed by atoms with Crippen molar-refractivity contribution in [1.82, 2.24) is 5.32 Å². The third kappa shape index (κ3) is 4.59. The lowest BCUT2D eigenvalue weighted by atomic mass is 10.2. The maximum Gasteiger partial charge on any atom is 0.287 e. The molecule has 0 bridgehead atoms. The van der Waals surface area contributed by atoms with Crippen molar-refractivity contribution in [3.8, 4) is 0 Å². The SMILES string of the molecule is O=C(NCc1ccc(F)cc1)c1ccc(CS(=O)c2ccccc2Cl)o1. The summed E-state index contributed by atoms with van der Waals surface area (Å²) in [6, 6.07) is 15.9. The van der Waals surface area contributed by atoms with E-state index in [-0.39, 0.29) is 23.9 Å². The standard InChI is InChI=1S/C19H15ClFNO3S/c20-16-3-1-2-4-18(16)26(24)12-15-9-10-17(25-15)19(23)22-11-13-5-7-14(21)8-6-13/h1-10H,11-12H2,(H,22,23). The van der Waals surface area contributed by atoms with Crippen LogP contribution in [0.15, 0.2) is 70.0 Å². The minimum Gasteiger partial charge on any atom is -0.455 e. The molecule has 0 aliphatic carbocycles. The summed E-state index contributed by atoms with van der Waals surface area (Å²) in [5.74, 6) is -0.0607. The summed E-state index contributed by atoms with van der Waals surface area (Å²) in [4.78, 5) is 12.7. The summed E-state index contributed by atoms with van der Waals surface area (Å²) in [7, 11) is -1.37. The van der Waals surface area contributed by atoms with E-state index in [4.69, 9.17) is 16.0 Å². The molecule has 0 spiro atoms. The molecule has 1 heterocycles. The predicted molar refractivity (Wildman–Crippen MR) is 97.8 cm³/mol. The highest BCUT2D eigenvalue weighted by Gasteiger charge is 2.15. The number of hydrogen-bond donors (Lipinski definition) is 1. The van der Waals surface area contributed by atoms with Crippen LogP contribution in [-0.4, -0.2) is 10.1 Å². The van der Waals surface area contributed by atoms with E-state index >= 15 is 0 Å². The third-order valence-corrected chi connectivity index (χ3v) is 5.44. The average Bonchev–Trinajstić information content (AvgIpc) is 3.10. The van der Waals surface area contributed by atoms with Gasteiger partial charge in [0.1, 0.15) is 11.6 Å². The molecule has 26 heavy (non-hydrogen) atoms. The number of carbonyl (C=O) groups is 1. The van der Waals surface area contributed by atoms with E-state index < -0.39 is 16.7 Å². The lowest BCUT2D eigenvalue weighted by Crippen LogP contribution is -2.22. The van der Waals surface area contributed by atoms with Crippen molar-refractivity contribution in [3.63, 3.8) is 0 Å². The van der Waals surface area contributed by atoms with E-state index in [1.807, 2.05) is 0 Å². The molecule has 0 aliphatic heterocycles. The van der Waals surface area contributed by atoms with Crippen LogP contribution in [0.25, 0.3) is 0 Å². The van der Waals surface area contributed by atoms with Gasteiger partial charge in [-0.25, -0.2) is 4.39 Å². The van der Waals surface area contributed by atoms with Crippen molar-refractivity contribution >= 4 is 28.3 Å². The van der Waals surface area contributed by atoms with E-state index in [9.17, 15) is 13.4 Å². The van der Waals surface area contributed by atoms with Gasteiger partial charge in [0.2, 0.25) is 0 Å². The molecule has 1 unspecified atom stereocenters. The highest BCUT2D eigenvalue weighted by Crippen LogP contribution is 2.22. The van der Waals surface area contributed by atoms with Gasteiger partial charge in [-0.05, 0) is 42.0 Å². The summed E-state index contributed by atoms with van der Waals surface area (Å²) in [5.41, 5.74) is 0.770. The molecular weight excluding hydrogens is 377 g/mol. The Balaban J connectivity index is 1.60. The van der Waals surface area contributed by atoms with E-state index in [0.717, 1.165) is 5.56 Å². The molecule has 1 aromatic heterocycles. The summed E-state index contributed by atoms with van der Waals surface area (Å²) >= 11 is 6.04. The van der Waals surface area contributed by atoms with Crippen molar-refractivity contribution in [2.45, 2.75) is 17.2 Å². The Morgan fingerprint density at radius 3 is 2.54 bits per heavy atom. The normalized spacial score (nSPS) is 11.9. The zero-order valence-electron chi connectivity index (χ0n) is 13.6. The summed E-state index contributed by atoms with van der Waals surface area (Å²) in [6.45, 7) is 0.251. The summed E-state index contributed by atoms with van der Waals surface area (Å²) < 4.78 is 30.7. The second-order valence-corrected chi connectivity index (χ2v) is 7.32. The fourth-order valence-corrected chi connectivity index (χ4v) is 3.76. The number of hydrogen-bond acceptors (Lipinski definition) is 3. The predicted octanol–water partition coefficient (Wildman–Crippen LogP) is 4.31. The smallest absolute Gasteiger partial charge is 0.287 e. The van der Waals surface area contributed by atoms with Crippen LogP contribution in [0, 0.1) is 5.82 Å². The largest absolute Gasteiger partial charge is 0.455 e. The molecule has 2 aromatic carbocycles. The van der Waals surface area contributed by atoms with Crippen molar-refractivity contribution in [2.24, 2.45) is 0 Å². The minimum absolute atomic E-state index is 0.120. The van der Waals surface area contributed by atoms with Crippen LogP contribution in [0.1, 0.15) is 21.9 Å². The molecule has 0 saturated heterocycles. The Morgan fingerprint density at radius 1 is 1.08 bits per heavy atom. The van der Waals surface area contributed by atoms with Gasteiger partial charge in [-0.2, -0.15) is 0 Å². The van der Waals surface area contributed by atoms with E-state index in [0.29, 0.717) is 15.7 Å². The topological polar surface area (TPSA) is 59.3 Å². The first kappa shape index (κ1) is 18.4. The second-order valence-electron chi connectivity index (χ2n) is 5.50. The Morgan fingerprint density at radius 2 is 1.81 bits per heavy atom. The number of halogens is 2. The van der Waals surface area contributed by atoms with E-state index in [2.05, 4.69) is 5.32 Å². The number of carbonyl (C=O) groups excluding carboxylic acids is 1. The molecule has 1 N–H and O–H groups in total. The lowest BCUT2D eigenvalue weighted by molar-refractivity contribution is 0.0921. The summed E-state index contributed by atoms with van der Waals surface area (Å²) in [6.07, 6.45) is 0. The Bertz CT molecular complexity index is 940. The van der Waals surface area contributed by atoms with Crippen LogP contribution >= 0.6 is 11.6 Å². The average molecular weight is 392 g/mol. The fourth-order valence-electron chi connectivity index (χ4n) is 2.29. The maximum absolute atomic E-state index is 12.9. The Kier molecular flexibility index (Phi) is 5.85. The van der Waals surface area contributed by atoms with Gasteiger partial charge in [0.15, 0.2) is 5.76 Å². The van der Waals surface area contributed by atoms with E-state index in [1.165, 1.54) is 18.2 Å². The van der Waals surface area contributed by atoms with Crippen molar-refractivity contribution in [3.05, 3.63) is 88.6 Å². The number of benzene rings is 2. The molecule has 3 aromatic rings. The molecule has 0 aliphatic rings. The first-order valence-electron chi connectivity index (χ1n) is 7.77. The van der Waals surface area contributed by atoms with Gasteiger partial charge < -0.3 is 9.73 Å². The van der Waals surface area contributed by atoms with Gasteiger partial charge in [-0.15, -0.1) is 0 Å². The number of amides is 1. The highest BCUT2D eigenvalue weighted by molar-refractivity contribution is 7.84. The van der Waals surface area contributed by atoms with Crippen LogP contribution in [0.2, 0.25) is 5.02 Å². The van der Waals surface area contributed by atoms with Gasteiger partial charge >= 0.3 is 0 Å². The van der Waals surface area contributed by atoms with Crippen molar-refractivity contribution < 1.29 is 17.8 Å². The second kappa shape index (κ2) is 8.29. The molecule has 0 fully saturated rings. The molecule has 134 valence electrons. The van der Waals surface area contributed by atoms with Crippen molar-refractivity contribution in [1.29, 1.82) is 0 Å². The van der Waals surface area contributed by atoms with Crippen LogP contribution in [0.3, 0.4) is 0 Å². The molecule has 0 radical (unpaired) electrons. The van der Waals surface area contributed by atoms with Crippen LogP contribution in [0.5, 0.6) is 0 Å². The molecule has 3 rings (SSSR count). The highest BCUT2D eigenvalue weighted by atomic mass is 35.5. The van der Waals surface area contributed by atoms with Crippen molar-refractivity contribution in [2.75, 3.05) is 0 Å². The quantitative estimate of drug-likeness (QED) is 0.681. The molecular formula is C19H15ClFNO3S. The molecule has 0 saturated carbocycles. The minimum atomic E-state index is -1.37. The summed E-state index contributed by atoms with van der Waals surface area (Å²) in [5, 5.41) is 3.12. The fraction of sp³-hybridized carbons (Fsp3) is 0.105. The Hall–Kier alpha value is -2.44. The van der Waals surface area contributed by atoms with Gasteiger partial charge in [0.05, 0.1) is 26.5 Å². The number of rotatable bonds is 6. The Labute approximate surface area is 157 Å². The first-order valence-corrected chi connectivity index (χ1v) is 9.47. The van der Waals surface area contributed by atoms with Crippen LogP contribution in [-0.2, 0) is 23.1 Å². The third-order valence-electron chi connectivity index (χ3n) is 3.61. The maximum atomic E-state index is 12.9. The van der Waals surface area contributed by atoms with Gasteiger partial charge in [-0.3, -0.25) is 9.00 Å².